The quantitative estimate of drug-likeness (QED) is 0.900. The average molecular weight is 269 g/mol. The van der Waals surface area contributed by atoms with Crippen LogP contribution in [0.25, 0.3) is 0 Å². The van der Waals surface area contributed by atoms with Crippen LogP contribution >= 0.6 is 0 Å². The smallest absolute Gasteiger partial charge is 0.274 e. The highest BCUT2D eigenvalue weighted by Gasteiger charge is 2.10. The second-order valence-electron chi connectivity index (χ2n) is 4.89. The number of carbonyl (C=O) groups is 1. The summed E-state index contributed by atoms with van der Waals surface area (Å²) in [6, 6.07) is 7.43. The maximum atomic E-state index is 12.2. The molecule has 4 nitrogen and oxygen atoms in total. The summed E-state index contributed by atoms with van der Waals surface area (Å²) in [5.74, 6) is -0.208. The molecule has 3 N–H and O–H groups in total. The summed E-state index contributed by atoms with van der Waals surface area (Å²) >= 11 is 0. The summed E-state index contributed by atoms with van der Waals surface area (Å²) in [7, 11) is 0. The largest absolute Gasteiger partial charge is 0.326 e. The molecule has 0 aliphatic rings. The van der Waals surface area contributed by atoms with Crippen LogP contribution in [-0.4, -0.2) is 10.9 Å². The molecular formula is C16H19N3O. The number of nitrogens with zero attached hydrogens (tertiary/aromatic N) is 1. The first-order chi connectivity index (χ1) is 9.52. The highest BCUT2D eigenvalue weighted by atomic mass is 16.1. The van der Waals surface area contributed by atoms with Crippen molar-refractivity contribution < 1.29 is 4.79 Å². The Kier molecular flexibility index (Phi) is 4.15. The van der Waals surface area contributed by atoms with Crippen molar-refractivity contribution in [3.05, 3.63) is 58.4 Å². The van der Waals surface area contributed by atoms with Crippen LogP contribution in [0.1, 0.15) is 32.7 Å². The predicted octanol–water partition coefficient (Wildman–Crippen LogP) is 2.72. The van der Waals surface area contributed by atoms with Crippen molar-refractivity contribution in [1.29, 1.82) is 0 Å². The van der Waals surface area contributed by atoms with Gasteiger partial charge >= 0.3 is 0 Å². The average Bonchev–Trinajstić information content (AvgIpc) is 2.48. The molecule has 1 amide bonds. The third kappa shape index (κ3) is 2.86. The van der Waals surface area contributed by atoms with Gasteiger partial charge in [-0.15, -0.1) is 0 Å². The van der Waals surface area contributed by atoms with Gasteiger partial charge in [-0.1, -0.05) is 12.1 Å². The number of aromatic nitrogens is 1. The minimum absolute atomic E-state index is 0.208. The summed E-state index contributed by atoms with van der Waals surface area (Å²) in [5.41, 5.74) is 11.1. The van der Waals surface area contributed by atoms with E-state index < -0.39 is 0 Å². The molecule has 1 heterocycles. The number of hydrogen-bond donors (Lipinski definition) is 2. The van der Waals surface area contributed by atoms with Crippen molar-refractivity contribution in [3.63, 3.8) is 0 Å². The monoisotopic (exact) mass is 269 g/mol. The molecule has 20 heavy (non-hydrogen) atoms. The van der Waals surface area contributed by atoms with Gasteiger partial charge in [0.25, 0.3) is 5.91 Å². The van der Waals surface area contributed by atoms with Crippen molar-refractivity contribution in [2.24, 2.45) is 5.73 Å². The summed E-state index contributed by atoms with van der Waals surface area (Å²) in [5, 5.41) is 2.90. The lowest BCUT2D eigenvalue weighted by Crippen LogP contribution is -2.15. The van der Waals surface area contributed by atoms with E-state index in [0.717, 1.165) is 16.8 Å². The number of pyridine rings is 1. The molecule has 4 heteroatoms. The number of benzene rings is 1. The molecule has 1 aromatic heterocycles. The third-order valence-corrected chi connectivity index (χ3v) is 3.60. The minimum Gasteiger partial charge on any atom is -0.326 e. The molecular weight excluding hydrogens is 250 g/mol. The Labute approximate surface area is 119 Å². The number of rotatable bonds is 3. The Morgan fingerprint density at radius 3 is 2.50 bits per heavy atom. The molecule has 0 aliphatic heterocycles. The molecule has 0 radical (unpaired) electrons. The van der Waals surface area contributed by atoms with E-state index in [1.165, 1.54) is 11.1 Å². The summed E-state index contributed by atoms with van der Waals surface area (Å²) < 4.78 is 0. The SMILES string of the molecule is Cc1ccc(NC(=O)c2ccc(CN)cn2)c(C)c1C. The molecule has 0 unspecified atom stereocenters. The summed E-state index contributed by atoms with van der Waals surface area (Å²) in [6.07, 6.45) is 1.63. The van der Waals surface area contributed by atoms with Crippen LogP contribution < -0.4 is 11.1 Å². The fraction of sp³-hybridized carbons (Fsp3) is 0.250. The first kappa shape index (κ1) is 14.2. The molecule has 0 fully saturated rings. The van der Waals surface area contributed by atoms with E-state index in [2.05, 4.69) is 24.1 Å². The number of anilines is 1. The zero-order chi connectivity index (χ0) is 14.7. The van der Waals surface area contributed by atoms with Gasteiger partial charge in [0, 0.05) is 18.4 Å². The Morgan fingerprint density at radius 1 is 1.15 bits per heavy atom. The van der Waals surface area contributed by atoms with E-state index in [1.54, 1.807) is 12.3 Å². The second-order valence-corrected chi connectivity index (χ2v) is 4.89. The number of amides is 1. The molecule has 0 spiro atoms. The van der Waals surface area contributed by atoms with Crippen LogP contribution in [0.2, 0.25) is 0 Å². The lowest BCUT2D eigenvalue weighted by atomic mass is 10.0. The Bertz CT molecular complexity index is 633. The Morgan fingerprint density at radius 2 is 1.90 bits per heavy atom. The van der Waals surface area contributed by atoms with Crippen molar-refractivity contribution in [2.45, 2.75) is 27.3 Å². The number of hydrogen-bond acceptors (Lipinski definition) is 3. The third-order valence-electron chi connectivity index (χ3n) is 3.60. The lowest BCUT2D eigenvalue weighted by molar-refractivity contribution is 0.102. The van der Waals surface area contributed by atoms with Crippen molar-refractivity contribution in [3.8, 4) is 0 Å². The number of carbonyl (C=O) groups excluding carboxylic acids is 1. The molecule has 2 rings (SSSR count). The van der Waals surface area contributed by atoms with Crippen LogP contribution in [0.15, 0.2) is 30.5 Å². The van der Waals surface area contributed by atoms with Gasteiger partial charge in [0.1, 0.15) is 5.69 Å². The zero-order valence-electron chi connectivity index (χ0n) is 12.0. The molecule has 2 aromatic rings. The number of nitrogens with two attached hydrogens (primary N) is 1. The number of nitrogens with one attached hydrogen (secondary N) is 1. The van der Waals surface area contributed by atoms with Gasteiger partial charge in [-0.05, 0) is 55.2 Å². The zero-order valence-corrected chi connectivity index (χ0v) is 12.0. The van der Waals surface area contributed by atoms with Crippen molar-refractivity contribution in [2.75, 3.05) is 5.32 Å². The topological polar surface area (TPSA) is 68.0 Å². The first-order valence-corrected chi connectivity index (χ1v) is 6.56. The van der Waals surface area contributed by atoms with Gasteiger partial charge in [-0.3, -0.25) is 9.78 Å². The summed E-state index contributed by atoms with van der Waals surface area (Å²) in [6.45, 7) is 6.53. The maximum absolute atomic E-state index is 12.2. The standard InChI is InChI=1S/C16H19N3O/c1-10-4-6-14(12(3)11(10)2)19-16(20)15-7-5-13(8-17)9-18-15/h4-7,9H,8,17H2,1-3H3,(H,19,20). The number of aryl methyl sites for hydroxylation is 1. The fourth-order valence-electron chi connectivity index (χ4n) is 1.96. The Balaban J connectivity index is 2.21. The van der Waals surface area contributed by atoms with E-state index >= 15 is 0 Å². The first-order valence-electron chi connectivity index (χ1n) is 6.56. The molecule has 0 bridgehead atoms. The van der Waals surface area contributed by atoms with Crippen molar-refractivity contribution in [1.82, 2.24) is 4.98 Å². The molecule has 0 saturated heterocycles. The predicted molar refractivity (Wildman–Crippen MR) is 80.7 cm³/mol. The highest BCUT2D eigenvalue weighted by Crippen LogP contribution is 2.21. The maximum Gasteiger partial charge on any atom is 0.274 e. The molecule has 0 saturated carbocycles. The minimum atomic E-state index is -0.208. The van der Waals surface area contributed by atoms with E-state index in [-0.39, 0.29) is 5.91 Å². The van der Waals surface area contributed by atoms with E-state index in [4.69, 9.17) is 5.73 Å². The van der Waals surface area contributed by atoms with Crippen LogP contribution in [0.4, 0.5) is 5.69 Å². The van der Waals surface area contributed by atoms with Crippen LogP contribution in [-0.2, 0) is 6.54 Å². The van der Waals surface area contributed by atoms with Crippen LogP contribution in [0, 0.1) is 20.8 Å². The summed E-state index contributed by atoms with van der Waals surface area (Å²) in [4.78, 5) is 16.3. The normalized spacial score (nSPS) is 10.4. The van der Waals surface area contributed by atoms with Gasteiger partial charge in [-0.25, -0.2) is 0 Å². The van der Waals surface area contributed by atoms with E-state index in [1.807, 2.05) is 25.1 Å². The molecule has 104 valence electrons. The Hall–Kier alpha value is -2.20. The molecule has 1 aromatic carbocycles. The van der Waals surface area contributed by atoms with Crippen molar-refractivity contribution >= 4 is 11.6 Å². The van der Waals surface area contributed by atoms with Crippen LogP contribution in [0.5, 0.6) is 0 Å². The fourth-order valence-corrected chi connectivity index (χ4v) is 1.96. The van der Waals surface area contributed by atoms with Gasteiger partial charge in [-0.2, -0.15) is 0 Å². The highest BCUT2D eigenvalue weighted by molar-refractivity contribution is 6.03. The second kappa shape index (κ2) is 5.84. The lowest BCUT2D eigenvalue weighted by Gasteiger charge is -2.12. The van der Waals surface area contributed by atoms with E-state index in [0.29, 0.717) is 12.2 Å². The van der Waals surface area contributed by atoms with Gasteiger partial charge in [0.2, 0.25) is 0 Å². The van der Waals surface area contributed by atoms with Crippen LogP contribution in [0.3, 0.4) is 0 Å². The molecule has 0 aliphatic carbocycles. The van der Waals surface area contributed by atoms with Gasteiger partial charge < -0.3 is 11.1 Å². The molecule has 0 atom stereocenters. The van der Waals surface area contributed by atoms with Gasteiger partial charge in [0.05, 0.1) is 0 Å². The van der Waals surface area contributed by atoms with E-state index in [9.17, 15) is 4.79 Å². The van der Waals surface area contributed by atoms with Gasteiger partial charge in [0.15, 0.2) is 0 Å².